The fourth-order valence-corrected chi connectivity index (χ4v) is 5.17. The van der Waals surface area contributed by atoms with E-state index in [2.05, 4.69) is 129 Å². The monoisotopic (exact) mass is 731 g/mol. The van der Waals surface area contributed by atoms with Crippen molar-refractivity contribution in [2.24, 2.45) is 0 Å². The van der Waals surface area contributed by atoms with E-state index in [4.69, 9.17) is 5.73 Å². The second kappa shape index (κ2) is 17.9. The second-order valence-electron chi connectivity index (χ2n) is 8.92. The van der Waals surface area contributed by atoms with E-state index < -0.39 is 0 Å². The zero-order valence-corrected chi connectivity index (χ0v) is 28.2. The summed E-state index contributed by atoms with van der Waals surface area (Å²) in [4.78, 5) is 0. The first-order valence-corrected chi connectivity index (χ1v) is 13.3. The van der Waals surface area contributed by atoms with Crippen LogP contribution in [0.5, 0.6) is 0 Å². The Kier molecular flexibility index (Phi) is 15.8. The molecule has 5 heteroatoms. The molecule has 0 amide bonds. The average molecular weight is 731 g/mol. The van der Waals surface area contributed by atoms with E-state index in [9.17, 15) is 0 Å². The third-order valence-corrected chi connectivity index (χ3v) is 7.19. The Labute approximate surface area is 266 Å². The third-order valence-electron chi connectivity index (χ3n) is 5.94. The van der Waals surface area contributed by atoms with Crippen LogP contribution in [0.25, 0.3) is 27.3 Å². The predicted octanol–water partition coefficient (Wildman–Crippen LogP) is 2.55. The van der Waals surface area contributed by atoms with E-state index in [0.717, 1.165) is 15.1 Å². The zero-order valence-electron chi connectivity index (χ0n) is 22.1. The van der Waals surface area contributed by atoms with Gasteiger partial charge in [-0.15, -0.1) is 45.4 Å². The molecule has 0 aliphatic heterocycles. The molecule has 0 aliphatic rings. The van der Waals surface area contributed by atoms with Crippen LogP contribution in [0.1, 0.15) is 25.3 Å². The van der Waals surface area contributed by atoms with E-state index in [1.165, 1.54) is 31.9 Å². The van der Waals surface area contributed by atoms with Gasteiger partial charge in [0.05, 0.1) is 0 Å². The van der Waals surface area contributed by atoms with E-state index in [0.29, 0.717) is 11.6 Å². The maximum atomic E-state index is 7.50. The van der Waals surface area contributed by atoms with Crippen molar-refractivity contribution in [2.75, 3.05) is 0 Å². The molecular weight excluding hydrogens is 700 g/mol. The fraction of sp³-hybridized carbons (Fsp3) is 0.0882. The normalized spacial score (nSPS) is 9.62. The van der Waals surface area contributed by atoms with Gasteiger partial charge in [0, 0.05) is 0 Å². The van der Waals surface area contributed by atoms with Crippen molar-refractivity contribution in [2.45, 2.75) is 19.8 Å². The van der Waals surface area contributed by atoms with Gasteiger partial charge >= 0.3 is 25.8 Å². The summed E-state index contributed by atoms with van der Waals surface area (Å²) in [5.74, 6) is 0.466. The van der Waals surface area contributed by atoms with Gasteiger partial charge in [0.1, 0.15) is 9.52 Å². The van der Waals surface area contributed by atoms with Crippen LogP contribution >= 0.6 is 0 Å². The van der Waals surface area contributed by atoms with Crippen molar-refractivity contribution in [3.63, 3.8) is 0 Å². The molecule has 1 nitrogen and oxygen atoms in total. The summed E-state index contributed by atoms with van der Waals surface area (Å²) in [6, 6.07) is 48.1. The maximum absolute atomic E-state index is 7.50. The molecule has 0 spiro atoms. The number of rotatable bonds is 3. The fourth-order valence-electron chi connectivity index (χ4n) is 4.11. The minimum absolute atomic E-state index is 0. The Morgan fingerprint density at radius 3 is 1.33 bits per heavy atom. The molecule has 39 heavy (non-hydrogen) atoms. The molecule has 6 aromatic rings. The average Bonchev–Trinajstić information content (AvgIpc) is 3.30. The molecule has 0 saturated carbocycles. The first-order chi connectivity index (χ1) is 17.6. The Balaban J connectivity index is 0.000000285. The molecular formula is C34H31Cl2HfNSi. The summed E-state index contributed by atoms with van der Waals surface area (Å²) in [5.41, 5.74) is 9.28. The van der Waals surface area contributed by atoms with Crippen molar-refractivity contribution in [3.05, 3.63) is 151 Å². The van der Waals surface area contributed by atoms with Gasteiger partial charge < -0.3 is 30.5 Å². The van der Waals surface area contributed by atoms with Crippen molar-refractivity contribution in [1.82, 2.24) is 0 Å². The minimum atomic E-state index is 0. The van der Waals surface area contributed by atoms with Gasteiger partial charge in [0.15, 0.2) is 0 Å². The predicted molar refractivity (Wildman–Crippen MR) is 159 cm³/mol. The van der Waals surface area contributed by atoms with Gasteiger partial charge in [-0.05, 0) is 5.92 Å². The summed E-state index contributed by atoms with van der Waals surface area (Å²) in [7, 11) is 0.777. The van der Waals surface area contributed by atoms with Gasteiger partial charge in [0.25, 0.3) is 0 Å². The van der Waals surface area contributed by atoms with Gasteiger partial charge in [-0.2, -0.15) is 0 Å². The Morgan fingerprint density at radius 1 is 0.538 bits per heavy atom. The maximum Gasteiger partial charge on any atom is 4.00 e. The zero-order chi connectivity index (χ0) is 25.2. The first kappa shape index (κ1) is 34.5. The largest absolute Gasteiger partial charge is 4.00 e. The standard InChI is InChI=1S/C13H9.C12H10Si.C9H12N.2ClH.Hf/c1-3-7-12-10(5-1)9-11-6-2-4-8-13(11)12;1-3-7-11(8-4-1)13-12-9-5-2-6-10-12;1-7(2)8-5-3-4-6-9(8)10;;;/h1-9H;1-10H;3-7,10H,1-2H3;2*1H;/q-1;;-1;;;+4/p-2. The van der Waals surface area contributed by atoms with E-state index in [1.54, 1.807) is 0 Å². The van der Waals surface area contributed by atoms with Crippen molar-refractivity contribution in [1.29, 1.82) is 0 Å². The molecule has 0 atom stereocenters. The van der Waals surface area contributed by atoms with Crippen LogP contribution in [0.2, 0.25) is 0 Å². The molecule has 0 saturated heterocycles. The molecule has 0 aliphatic carbocycles. The van der Waals surface area contributed by atoms with Crippen molar-refractivity contribution >= 4 is 47.1 Å². The quantitative estimate of drug-likeness (QED) is 0.198. The number of benzene rings is 5. The molecule has 0 unspecified atom stereocenters. The van der Waals surface area contributed by atoms with Gasteiger partial charge in [-0.25, -0.2) is 0 Å². The molecule has 6 aromatic carbocycles. The van der Waals surface area contributed by atoms with Crippen LogP contribution in [-0.2, 0) is 25.8 Å². The van der Waals surface area contributed by atoms with Crippen LogP contribution in [0.15, 0.2) is 140 Å². The van der Waals surface area contributed by atoms with E-state index >= 15 is 0 Å². The molecule has 6 rings (SSSR count). The number of hydrogen-bond acceptors (Lipinski definition) is 0. The summed E-state index contributed by atoms with van der Waals surface area (Å²) in [6.45, 7) is 4.21. The number of hydrogen-bond donors (Lipinski definition) is 0. The van der Waals surface area contributed by atoms with Crippen LogP contribution in [0.3, 0.4) is 0 Å². The molecule has 0 heterocycles. The van der Waals surface area contributed by atoms with Gasteiger partial charge in [-0.3, -0.25) is 0 Å². The van der Waals surface area contributed by atoms with Crippen LogP contribution in [0.4, 0.5) is 5.69 Å². The number of nitrogens with one attached hydrogen (secondary N) is 1. The summed E-state index contributed by atoms with van der Waals surface area (Å²) >= 11 is 0. The van der Waals surface area contributed by atoms with Gasteiger partial charge in [0.2, 0.25) is 0 Å². The minimum Gasteiger partial charge on any atom is -1.00 e. The molecule has 2 radical (unpaired) electrons. The van der Waals surface area contributed by atoms with Crippen molar-refractivity contribution < 1.29 is 50.7 Å². The topological polar surface area (TPSA) is 23.8 Å². The van der Waals surface area contributed by atoms with E-state index in [1.807, 2.05) is 24.3 Å². The third kappa shape index (κ3) is 10.2. The first-order valence-electron chi connectivity index (χ1n) is 12.3. The van der Waals surface area contributed by atoms with Crippen LogP contribution < -0.4 is 35.2 Å². The van der Waals surface area contributed by atoms with Gasteiger partial charge in [-0.1, -0.05) is 151 Å². The molecule has 1 N–H and O–H groups in total. The second-order valence-corrected chi connectivity index (χ2v) is 10.3. The molecule has 194 valence electrons. The Morgan fingerprint density at radius 2 is 0.923 bits per heavy atom. The number of fused-ring (bicyclic) bond motifs is 3. The smallest absolute Gasteiger partial charge is 1.00 e. The van der Waals surface area contributed by atoms with Crippen LogP contribution in [-0.4, -0.2) is 9.52 Å². The number of halogens is 2. The Bertz CT molecular complexity index is 1410. The Hall–Kier alpha value is -2.56. The van der Waals surface area contributed by atoms with Crippen LogP contribution in [0, 0.1) is 0 Å². The van der Waals surface area contributed by atoms with E-state index in [-0.39, 0.29) is 50.7 Å². The summed E-state index contributed by atoms with van der Waals surface area (Å²) in [6.07, 6.45) is 0. The molecule has 0 bridgehead atoms. The molecule has 0 fully saturated rings. The SMILES string of the molecule is CC(C)c1ccccc1[NH-].[Cl-].[Cl-].[Hf+4].c1ccc([Si]c2ccccc2)cc1.c1ccc2c(c1)[cH-]c1ccccc12. The summed E-state index contributed by atoms with van der Waals surface area (Å²) < 4.78 is 0. The summed E-state index contributed by atoms with van der Waals surface area (Å²) in [5, 5.41) is 8.19. The van der Waals surface area contributed by atoms with Crippen molar-refractivity contribution in [3.8, 4) is 0 Å². The molecule has 0 aromatic heterocycles.